The molecule has 2 aromatic rings. The zero-order valence-electron chi connectivity index (χ0n) is 10.1. The Morgan fingerprint density at radius 2 is 2.06 bits per heavy atom. The van der Waals surface area contributed by atoms with Crippen LogP contribution in [0.4, 0.5) is 0 Å². The number of benzene rings is 1. The third kappa shape index (κ3) is 2.02. The molecule has 0 N–H and O–H groups in total. The number of nitro groups is 1. The van der Waals surface area contributed by atoms with Crippen LogP contribution in [0.15, 0.2) is 40.8 Å². The summed E-state index contributed by atoms with van der Waals surface area (Å²) >= 11 is 0. The molecule has 0 spiro atoms. The highest BCUT2D eigenvalue weighted by Crippen LogP contribution is 2.18. The molecule has 0 fully saturated rings. The fraction of sp³-hybridized carbons (Fsp3) is 0.154. The van der Waals surface area contributed by atoms with Gasteiger partial charge in [-0.05, 0) is 11.6 Å². The zero-order chi connectivity index (χ0) is 13.3. The number of fused-ring (bicyclic) bond motifs is 1. The fourth-order valence-corrected chi connectivity index (χ4v) is 1.83. The monoisotopic (exact) mass is 244 g/mol. The summed E-state index contributed by atoms with van der Waals surface area (Å²) < 4.78 is 1.52. The Morgan fingerprint density at radius 1 is 1.39 bits per heavy atom. The molecule has 0 amide bonds. The van der Waals surface area contributed by atoms with Crippen molar-refractivity contribution in [2.24, 2.45) is 7.05 Å². The molecular formula is C13H12N2O3. The van der Waals surface area contributed by atoms with E-state index in [2.05, 4.69) is 0 Å². The Hall–Kier alpha value is -2.43. The van der Waals surface area contributed by atoms with Gasteiger partial charge in [0, 0.05) is 31.5 Å². The minimum absolute atomic E-state index is 0.00778. The van der Waals surface area contributed by atoms with Crippen LogP contribution < -0.4 is 5.56 Å². The van der Waals surface area contributed by atoms with Crippen molar-refractivity contribution in [2.45, 2.75) is 6.92 Å². The molecule has 0 aliphatic carbocycles. The van der Waals surface area contributed by atoms with Crippen LogP contribution in [0.25, 0.3) is 17.0 Å². The van der Waals surface area contributed by atoms with Gasteiger partial charge < -0.3 is 4.57 Å². The Bertz CT molecular complexity index is 714. The van der Waals surface area contributed by atoms with Gasteiger partial charge in [-0.1, -0.05) is 18.2 Å². The molecule has 1 aromatic carbocycles. The zero-order valence-corrected chi connectivity index (χ0v) is 10.1. The van der Waals surface area contributed by atoms with Gasteiger partial charge in [0.1, 0.15) is 0 Å². The SMILES string of the molecule is C/C(=C\c1cc(=O)n(C)c2ccccc12)[N+](=O)[O-]. The van der Waals surface area contributed by atoms with Crippen molar-refractivity contribution in [2.75, 3.05) is 0 Å². The van der Waals surface area contributed by atoms with E-state index in [0.717, 1.165) is 10.9 Å². The molecule has 5 nitrogen and oxygen atoms in total. The average molecular weight is 244 g/mol. The van der Waals surface area contributed by atoms with Crippen LogP contribution in [-0.4, -0.2) is 9.49 Å². The molecule has 1 heterocycles. The first kappa shape index (κ1) is 12.0. The lowest BCUT2D eigenvalue weighted by atomic mass is 10.1. The highest BCUT2D eigenvalue weighted by molar-refractivity contribution is 5.88. The lowest BCUT2D eigenvalue weighted by molar-refractivity contribution is -0.422. The van der Waals surface area contributed by atoms with E-state index >= 15 is 0 Å². The third-order valence-electron chi connectivity index (χ3n) is 2.84. The van der Waals surface area contributed by atoms with Crippen molar-refractivity contribution in [1.82, 2.24) is 4.57 Å². The number of allylic oxidation sites excluding steroid dienone is 1. The smallest absolute Gasteiger partial charge is 0.251 e. The highest BCUT2D eigenvalue weighted by atomic mass is 16.6. The van der Waals surface area contributed by atoms with Crippen LogP contribution in [0.1, 0.15) is 12.5 Å². The standard InChI is InChI=1S/C13H12N2O3/c1-9(15(17)18)7-10-8-13(16)14(2)12-6-4-3-5-11(10)12/h3-8H,1-2H3/b9-7+. The summed E-state index contributed by atoms with van der Waals surface area (Å²) in [5.41, 5.74) is 1.15. The lowest BCUT2D eigenvalue weighted by Gasteiger charge is -2.06. The second-order valence-corrected chi connectivity index (χ2v) is 4.06. The van der Waals surface area contributed by atoms with E-state index in [9.17, 15) is 14.9 Å². The molecular weight excluding hydrogens is 232 g/mol. The number of hydrogen-bond donors (Lipinski definition) is 0. The van der Waals surface area contributed by atoms with Crippen molar-refractivity contribution < 1.29 is 4.92 Å². The minimum Gasteiger partial charge on any atom is -0.311 e. The largest absolute Gasteiger partial charge is 0.311 e. The molecule has 92 valence electrons. The molecule has 5 heteroatoms. The van der Waals surface area contributed by atoms with Crippen molar-refractivity contribution in [3.05, 3.63) is 62.1 Å². The van der Waals surface area contributed by atoms with Gasteiger partial charge in [-0.25, -0.2) is 0 Å². The topological polar surface area (TPSA) is 65.1 Å². The van der Waals surface area contributed by atoms with Gasteiger partial charge in [-0.15, -0.1) is 0 Å². The van der Waals surface area contributed by atoms with Crippen LogP contribution in [-0.2, 0) is 7.05 Å². The first-order chi connectivity index (χ1) is 8.50. The van der Waals surface area contributed by atoms with Gasteiger partial charge in [-0.2, -0.15) is 0 Å². The van der Waals surface area contributed by atoms with E-state index < -0.39 is 4.92 Å². The van der Waals surface area contributed by atoms with Crippen LogP contribution in [0.5, 0.6) is 0 Å². The summed E-state index contributed by atoms with van der Waals surface area (Å²) in [7, 11) is 1.68. The van der Waals surface area contributed by atoms with Crippen LogP contribution in [0.3, 0.4) is 0 Å². The second kappa shape index (κ2) is 4.44. The van der Waals surface area contributed by atoms with E-state index in [4.69, 9.17) is 0 Å². The summed E-state index contributed by atoms with van der Waals surface area (Å²) in [6.07, 6.45) is 1.42. The maximum Gasteiger partial charge on any atom is 0.251 e. The van der Waals surface area contributed by atoms with E-state index in [0.29, 0.717) is 5.56 Å². The molecule has 0 bridgehead atoms. The Labute approximate surface area is 103 Å². The van der Waals surface area contributed by atoms with Crippen LogP contribution in [0, 0.1) is 10.1 Å². The molecule has 0 saturated carbocycles. The second-order valence-electron chi connectivity index (χ2n) is 4.06. The number of para-hydroxylation sites is 1. The summed E-state index contributed by atoms with van der Waals surface area (Å²) in [5.74, 6) is 0. The van der Waals surface area contributed by atoms with E-state index in [-0.39, 0.29) is 11.3 Å². The van der Waals surface area contributed by atoms with Gasteiger partial charge in [0.2, 0.25) is 5.70 Å². The van der Waals surface area contributed by atoms with Crippen molar-refractivity contribution >= 4 is 17.0 Å². The van der Waals surface area contributed by atoms with E-state index in [1.165, 1.54) is 23.6 Å². The molecule has 2 rings (SSSR count). The average Bonchev–Trinajstić information content (AvgIpc) is 2.35. The number of aryl methyl sites for hydroxylation is 1. The number of rotatable bonds is 2. The predicted molar refractivity (Wildman–Crippen MR) is 69.8 cm³/mol. The van der Waals surface area contributed by atoms with Crippen molar-refractivity contribution in [3.63, 3.8) is 0 Å². The van der Waals surface area contributed by atoms with Gasteiger partial charge in [-0.3, -0.25) is 14.9 Å². The summed E-state index contributed by atoms with van der Waals surface area (Å²) in [6.45, 7) is 1.41. The molecule has 18 heavy (non-hydrogen) atoms. The molecule has 0 aliphatic heterocycles. The molecule has 1 aromatic heterocycles. The number of nitrogens with zero attached hydrogens (tertiary/aromatic N) is 2. The summed E-state index contributed by atoms with van der Waals surface area (Å²) in [4.78, 5) is 21.9. The van der Waals surface area contributed by atoms with Gasteiger partial charge in [0.05, 0.1) is 10.4 Å². The van der Waals surface area contributed by atoms with Crippen molar-refractivity contribution in [1.29, 1.82) is 0 Å². The lowest BCUT2D eigenvalue weighted by Crippen LogP contribution is -2.16. The fourth-order valence-electron chi connectivity index (χ4n) is 1.83. The maximum atomic E-state index is 11.8. The minimum atomic E-state index is -0.466. The van der Waals surface area contributed by atoms with Gasteiger partial charge in [0.25, 0.3) is 5.56 Å². The predicted octanol–water partition coefficient (Wildman–Crippen LogP) is 2.18. The number of hydrogen-bond acceptors (Lipinski definition) is 3. The molecule has 0 unspecified atom stereocenters. The van der Waals surface area contributed by atoms with Crippen LogP contribution in [0.2, 0.25) is 0 Å². The highest BCUT2D eigenvalue weighted by Gasteiger charge is 2.08. The van der Waals surface area contributed by atoms with E-state index in [1.54, 1.807) is 7.05 Å². The number of aromatic nitrogens is 1. The summed E-state index contributed by atoms with van der Waals surface area (Å²) in [6, 6.07) is 8.74. The summed E-state index contributed by atoms with van der Waals surface area (Å²) in [5, 5.41) is 11.5. The first-order valence-electron chi connectivity index (χ1n) is 5.42. The van der Waals surface area contributed by atoms with Crippen LogP contribution >= 0.6 is 0 Å². The number of pyridine rings is 1. The van der Waals surface area contributed by atoms with E-state index in [1.807, 2.05) is 24.3 Å². The van der Waals surface area contributed by atoms with Crippen molar-refractivity contribution in [3.8, 4) is 0 Å². The maximum absolute atomic E-state index is 11.8. The molecule has 0 atom stereocenters. The molecule has 0 aliphatic rings. The molecule has 0 radical (unpaired) electrons. The Morgan fingerprint density at radius 3 is 2.72 bits per heavy atom. The Balaban J connectivity index is 2.80. The molecule has 0 saturated heterocycles. The third-order valence-corrected chi connectivity index (χ3v) is 2.84. The Kier molecular flexibility index (Phi) is 2.97. The quantitative estimate of drug-likeness (QED) is 0.600. The first-order valence-corrected chi connectivity index (χ1v) is 5.42. The van der Waals surface area contributed by atoms with Gasteiger partial charge >= 0.3 is 0 Å². The van der Waals surface area contributed by atoms with Gasteiger partial charge in [0.15, 0.2) is 0 Å². The normalized spacial score (nSPS) is 11.8.